The van der Waals surface area contributed by atoms with E-state index in [0.717, 1.165) is 22.3 Å². The summed E-state index contributed by atoms with van der Waals surface area (Å²) in [6.07, 6.45) is 0. The minimum Gasteiger partial charge on any atom is -0.478 e. The molecule has 5 nitrogen and oxygen atoms in total. The molecule has 1 aliphatic rings. The number of rotatable bonds is 5. The first-order valence-electron chi connectivity index (χ1n) is 9.02. The van der Waals surface area contributed by atoms with Gasteiger partial charge in [0.15, 0.2) is 0 Å². The second-order valence-electron chi connectivity index (χ2n) is 6.67. The molecule has 5 heteroatoms. The molecule has 0 bridgehead atoms. The Bertz CT molecular complexity index is 1030. The first kappa shape index (κ1) is 17.9. The topological polar surface area (TPSA) is 89.6 Å². The van der Waals surface area contributed by atoms with Gasteiger partial charge in [-0.25, -0.2) is 9.59 Å². The molecule has 0 aliphatic heterocycles. The molecule has 3 aromatic rings. The lowest BCUT2D eigenvalue weighted by atomic mass is 9.98. The molecule has 0 unspecified atom stereocenters. The van der Waals surface area contributed by atoms with Gasteiger partial charge in [-0.1, -0.05) is 54.6 Å². The van der Waals surface area contributed by atoms with Crippen LogP contribution in [0.2, 0.25) is 0 Å². The van der Waals surface area contributed by atoms with Gasteiger partial charge in [0.25, 0.3) is 0 Å². The Labute approximate surface area is 162 Å². The number of hydrogen-bond donors (Lipinski definition) is 2. The van der Waals surface area contributed by atoms with Crippen LogP contribution in [0.4, 0.5) is 0 Å². The summed E-state index contributed by atoms with van der Waals surface area (Å²) < 4.78 is 5.62. The zero-order chi connectivity index (χ0) is 19.7. The lowest BCUT2D eigenvalue weighted by Gasteiger charge is -2.15. The summed E-state index contributed by atoms with van der Waals surface area (Å²) in [6.45, 7) is 0.121. The number of hydrogen-bond acceptors (Lipinski definition) is 4. The maximum absolute atomic E-state index is 12.7. The van der Waals surface area contributed by atoms with Gasteiger partial charge in [-0.05, 0) is 39.9 Å². The normalized spacial score (nSPS) is 12.3. The molecule has 0 saturated heterocycles. The number of fused-ring (bicyclic) bond motifs is 3. The Balaban J connectivity index is 1.62. The lowest BCUT2D eigenvalue weighted by Crippen LogP contribution is -2.17. The van der Waals surface area contributed by atoms with E-state index < -0.39 is 11.9 Å². The standard InChI is InChI=1S/C23H19NO4/c24-12-20-18(22(25)26)10-5-11-19(20)23(27)28-13-21-16-8-3-1-6-14(16)15-7-2-4-9-17(15)21/h1-11,21H,12-13,24H2,(H,25,26). The summed E-state index contributed by atoms with van der Waals surface area (Å²) in [5.74, 6) is -1.74. The van der Waals surface area contributed by atoms with E-state index in [9.17, 15) is 14.7 Å². The zero-order valence-corrected chi connectivity index (χ0v) is 15.1. The molecule has 0 fully saturated rings. The van der Waals surface area contributed by atoms with Crippen molar-refractivity contribution in [3.05, 3.63) is 94.5 Å². The highest BCUT2D eigenvalue weighted by Gasteiger charge is 2.29. The monoisotopic (exact) mass is 373 g/mol. The SMILES string of the molecule is NCc1c(C(=O)O)cccc1C(=O)OCC1c2ccccc2-c2ccccc21. The zero-order valence-electron chi connectivity index (χ0n) is 15.1. The second kappa shape index (κ2) is 7.29. The van der Waals surface area contributed by atoms with Crippen LogP contribution in [0.25, 0.3) is 11.1 Å². The van der Waals surface area contributed by atoms with Crippen molar-refractivity contribution in [2.24, 2.45) is 5.73 Å². The third-order valence-corrected chi connectivity index (χ3v) is 5.17. The van der Waals surface area contributed by atoms with Gasteiger partial charge >= 0.3 is 11.9 Å². The van der Waals surface area contributed by atoms with Crippen molar-refractivity contribution < 1.29 is 19.4 Å². The minimum absolute atomic E-state index is 0.0218. The van der Waals surface area contributed by atoms with Gasteiger partial charge in [-0.15, -0.1) is 0 Å². The number of aromatic carboxylic acids is 1. The van der Waals surface area contributed by atoms with Crippen molar-refractivity contribution in [2.75, 3.05) is 6.61 Å². The predicted molar refractivity (Wildman–Crippen MR) is 105 cm³/mol. The average molecular weight is 373 g/mol. The fourth-order valence-electron chi connectivity index (χ4n) is 3.87. The van der Waals surface area contributed by atoms with Crippen LogP contribution in [0.15, 0.2) is 66.7 Å². The van der Waals surface area contributed by atoms with Gasteiger partial charge in [0.1, 0.15) is 6.61 Å². The van der Waals surface area contributed by atoms with Gasteiger partial charge in [0, 0.05) is 12.5 Å². The fraction of sp³-hybridized carbons (Fsp3) is 0.130. The number of esters is 1. The van der Waals surface area contributed by atoms with Crippen molar-refractivity contribution in [1.82, 2.24) is 0 Å². The summed E-state index contributed by atoms with van der Waals surface area (Å²) in [5.41, 5.74) is 10.7. The van der Waals surface area contributed by atoms with Gasteiger partial charge in [0.2, 0.25) is 0 Å². The first-order valence-corrected chi connectivity index (χ1v) is 9.02. The van der Waals surface area contributed by atoms with E-state index in [4.69, 9.17) is 10.5 Å². The van der Waals surface area contributed by atoms with Crippen LogP contribution in [-0.2, 0) is 11.3 Å². The molecule has 3 N–H and O–H groups in total. The third kappa shape index (κ3) is 2.96. The molecule has 0 saturated carbocycles. The van der Waals surface area contributed by atoms with Gasteiger partial charge in [-0.2, -0.15) is 0 Å². The van der Waals surface area contributed by atoms with Gasteiger partial charge < -0.3 is 15.6 Å². The molecular formula is C23H19NO4. The van der Waals surface area contributed by atoms with Crippen LogP contribution in [-0.4, -0.2) is 23.7 Å². The second-order valence-corrected chi connectivity index (χ2v) is 6.67. The highest BCUT2D eigenvalue weighted by molar-refractivity contribution is 5.97. The van der Waals surface area contributed by atoms with Crippen molar-refractivity contribution in [3.63, 3.8) is 0 Å². The number of carbonyl (C=O) groups is 2. The van der Waals surface area contributed by atoms with E-state index in [-0.39, 0.29) is 35.8 Å². The van der Waals surface area contributed by atoms with E-state index >= 15 is 0 Å². The molecule has 0 heterocycles. The fourth-order valence-corrected chi connectivity index (χ4v) is 3.87. The molecule has 4 rings (SSSR count). The van der Waals surface area contributed by atoms with Gasteiger partial charge in [0.05, 0.1) is 11.1 Å². The molecule has 0 spiro atoms. The number of nitrogens with two attached hydrogens (primary N) is 1. The van der Waals surface area contributed by atoms with E-state index in [0.29, 0.717) is 0 Å². The summed E-state index contributed by atoms with van der Waals surface area (Å²) in [5, 5.41) is 9.32. The summed E-state index contributed by atoms with van der Waals surface area (Å²) in [6, 6.07) is 20.7. The summed E-state index contributed by atoms with van der Waals surface area (Å²) >= 11 is 0. The van der Waals surface area contributed by atoms with Crippen LogP contribution in [0.1, 0.15) is 43.3 Å². The van der Waals surface area contributed by atoms with Crippen molar-refractivity contribution in [1.29, 1.82) is 0 Å². The Morgan fingerprint density at radius 3 is 2.00 bits per heavy atom. The molecule has 1 aliphatic carbocycles. The Morgan fingerprint density at radius 2 is 1.43 bits per heavy atom. The number of ether oxygens (including phenoxy) is 1. The number of carboxylic acids is 1. The number of benzene rings is 3. The summed E-state index contributed by atoms with van der Waals surface area (Å²) in [7, 11) is 0. The molecule has 3 aromatic carbocycles. The molecule has 0 atom stereocenters. The number of carbonyl (C=O) groups excluding carboxylic acids is 1. The van der Waals surface area contributed by atoms with Crippen LogP contribution < -0.4 is 5.73 Å². The maximum atomic E-state index is 12.7. The maximum Gasteiger partial charge on any atom is 0.338 e. The molecular weight excluding hydrogens is 354 g/mol. The molecule has 0 amide bonds. The smallest absolute Gasteiger partial charge is 0.338 e. The van der Waals surface area contributed by atoms with E-state index in [2.05, 4.69) is 12.1 Å². The molecule has 0 radical (unpaired) electrons. The van der Waals surface area contributed by atoms with Crippen molar-refractivity contribution in [3.8, 4) is 11.1 Å². The molecule has 28 heavy (non-hydrogen) atoms. The van der Waals surface area contributed by atoms with Crippen molar-refractivity contribution in [2.45, 2.75) is 12.5 Å². The van der Waals surface area contributed by atoms with Crippen LogP contribution >= 0.6 is 0 Å². The average Bonchev–Trinajstić information content (AvgIpc) is 3.05. The van der Waals surface area contributed by atoms with Crippen LogP contribution in [0.5, 0.6) is 0 Å². The highest BCUT2D eigenvalue weighted by atomic mass is 16.5. The van der Waals surface area contributed by atoms with E-state index in [1.165, 1.54) is 12.1 Å². The number of carboxylic acid groups (broad SMARTS) is 1. The highest BCUT2D eigenvalue weighted by Crippen LogP contribution is 2.44. The Hall–Kier alpha value is -3.44. The first-order chi connectivity index (χ1) is 13.6. The molecule has 0 aromatic heterocycles. The third-order valence-electron chi connectivity index (χ3n) is 5.17. The lowest BCUT2D eigenvalue weighted by molar-refractivity contribution is 0.0492. The van der Waals surface area contributed by atoms with E-state index in [1.54, 1.807) is 6.07 Å². The van der Waals surface area contributed by atoms with Crippen LogP contribution in [0, 0.1) is 0 Å². The molecule has 140 valence electrons. The predicted octanol–water partition coefficient (Wildman–Crippen LogP) is 3.81. The largest absolute Gasteiger partial charge is 0.478 e. The van der Waals surface area contributed by atoms with Crippen LogP contribution in [0.3, 0.4) is 0 Å². The van der Waals surface area contributed by atoms with E-state index in [1.807, 2.05) is 36.4 Å². The minimum atomic E-state index is -1.12. The Kier molecular flexibility index (Phi) is 4.67. The summed E-state index contributed by atoms with van der Waals surface area (Å²) in [4.78, 5) is 24.1. The van der Waals surface area contributed by atoms with Gasteiger partial charge in [-0.3, -0.25) is 0 Å². The van der Waals surface area contributed by atoms with Crippen molar-refractivity contribution >= 4 is 11.9 Å². The Morgan fingerprint density at radius 1 is 0.857 bits per heavy atom. The quantitative estimate of drug-likeness (QED) is 0.664.